The minimum absolute atomic E-state index is 0.0574. The number of ether oxygens (including phenoxy) is 1. The van der Waals surface area contributed by atoms with Crippen LogP contribution >= 0.6 is 0 Å². The van der Waals surface area contributed by atoms with Gasteiger partial charge < -0.3 is 4.74 Å². The molecule has 108 valence electrons. The maximum absolute atomic E-state index is 11.2. The van der Waals surface area contributed by atoms with E-state index in [0.717, 1.165) is 25.7 Å². The van der Waals surface area contributed by atoms with Gasteiger partial charge in [0, 0.05) is 0 Å². The predicted molar refractivity (Wildman–Crippen MR) is 71.9 cm³/mol. The molecular weight excluding hydrogens is 252 g/mol. The Labute approximate surface area is 111 Å². The largest absolute Gasteiger partial charge is 0.357 e. The molecule has 18 heavy (non-hydrogen) atoms. The lowest BCUT2D eigenvalue weighted by molar-refractivity contribution is -0.0420. The van der Waals surface area contributed by atoms with Gasteiger partial charge in [-0.3, -0.25) is 4.55 Å². The van der Waals surface area contributed by atoms with E-state index >= 15 is 0 Å². The Kier molecular flexibility index (Phi) is 5.21. The highest BCUT2D eigenvalue weighted by atomic mass is 32.2. The first-order chi connectivity index (χ1) is 8.19. The average Bonchev–Trinajstić information content (AvgIpc) is 2.24. The van der Waals surface area contributed by atoms with Crippen LogP contribution in [-0.4, -0.2) is 24.5 Å². The molecule has 0 amide bonds. The maximum Gasteiger partial charge on any atom is 0.292 e. The van der Waals surface area contributed by atoms with E-state index in [4.69, 9.17) is 9.29 Å². The molecule has 0 bridgehead atoms. The standard InChI is InChI=1S/C13H26O4S/c1-5-12(18(14,15)16)17-11-7-6-8-13(4,9-11)10(2)3/h10-12H,5-9H2,1-4H3,(H,14,15,16). The van der Waals surface area contributed by atoms with Gasteiger partial charge in [0.2, 0.25) is 0 Å². The zero-order valence-electron chi connectivity index (χ0n) is 11.8. The fourth-order valence-corrected chi connectivity index (χ4v) is 3.41. The summed E-state index contributed by atoms with van der Waals surface area (Å²) in [6, 6.07) is 0. The van der Waals surface area contributed by atoms with Crippen LogP contribution in [-0.2, 0) is 14.9 Å². The third-order valence-electron chi connectivity index (χ3n) is 4.37. The maximum atomic E-state index is 11.2. The lowest BCUT2D eigenvalue weighted by atomic mass is 9.67. The van der Waals surface area contributed by atoms with Crippen molar-refractivity contribution in [1.82, 2.24) is 0 Å². The van der Waals surface area contributed by atoms with Crippen LogP contribution in [0.2, 0.25) is 0 Å². The van der Waals surface area contributed by atoms with E-state index < -0.39 is 15.6 Å². The van der Waals surface area contributed by atoms with Gasteiger partial charge in [-0.25, -0.2) is 0 Å². The summed E-state index contributed by atoms with van der Waals surface area (Å²) in [5, 5.41) is 0. The highest BCUT2D eigenvalue weighted by Gasteiger charge is 2.37. The van der Waals surface area contributed by atoms with Crippen LogP contribution in [0.25, 0.3) is 0 Å². The average molecular weight is 278 g/mol. The van der Waals surface area contributed by atoms with Gasteiger partial charge in [-0.05, 0) is 37.0 Å². The first-order valence-corrected chi connectivity index (χ1v) is 8.31. The van der Waals surface area contributed by atoms with Crippen LogP contribution in [0, 0.1) is 11.3 Å². The molecular formula is C13H26O4S. The molecule has 1 aliphatic rings. The summed E-state index contributed by atoms with van der Waals surface area (Å²) in [5.41, 5.74) is -0.863. The van der Waals surface area contributed by atoms with Crippen LogP contribution in [0.15, 0.2) is 0 Å². The van der Waals surface area contributed by atoms with Gasteiger partial charge in [-0.2, -0.15) is 8.42 Å². The Morgan fingerprint density at radius 1 is 1.44 bits per heavy atom. The minimum Gasteiger partial charge on any atom is -0.357 e. The monoisotopic (exact) mass is 278 g/mol. The molecule has 0 aliphatic heterocycles. The molecule has 0 aromatic heterocycles. The van der Waals surface area contributed by atoms with Gasteiger partial charge in [0.15, 0.2) is 5.44 Å². The van der Waals surface area contributed by atoms with Gasteiger partial charge in [0.05, 0.1) is 6.10 Å². The Bertz CT molecular complexity index is 363. The molecule has 3 unspecified atom stereocenters. The highest BCUT2D eigenvalue weighted by molar-refractivity contribution is 7.86. The van der Waals surface area contributed by atoms with Gasteiger partial charge in [-0.15, -0.1) is 0 Å². The summed E-state index contributed by atoms with van der Waals surface area (Å²) < 4.78 is 37.0. The molecule has 1 N–H and O–H groups in total. The molecule has 3 atom stereocenters. The molecule has 1 aliphatic carbocycles. The van der Waals surface area contributed by atoms with Crippen LogP contribution in [0.5, 0.6) is 0 Å². The van der Waals surface area contributed by atoms with Gasteiger partial charge in [0.25, 0.3) is 10.1 Å². The smallest absolute Gasteiger partial charge is 0.292 e. The lowest BCUT2D eigenvalue weighted by Crippen LogP contribution is -2.37. The van der Waals surface area contributed by atoms with E-state index in [9.17, 15) is 8.42 Å². The molecule has 0 aromatic carbocycles. The van der Waals surface area contributed by atoms with Crippen molar-refractivity contribution in [1.29, 1.82) is 0 Å². The Hall–Kier alpha value is -0.130. The van der Waals surface area contributed by atoms with Crippen molar-refractivity contribution in [2.24, 2.45) is 11.3 Å². The second-order valence-electron chi connectivity index (χ2n) is 6.02. The zero-order chi connectivity index (χ0) is 14.0. The van der Waals surface area contributed by atoms with Gasteiger partial charge >= 0.3 is 0 Å². The molecule has 1 fully saturated rings. The van der Waals surface area contributed by atoms with Crippen LogP contribution in [0.1, 0.15) is 59.8 Å². The van der Waals surface area contributed by atoms with Crippen molar-refractivity contribution in [2.75, 3.05) is 0 Å². The van der Waals surface area contributed by atoms with Crippen molar-refractivity contribution in [3.63, 3.8) is 0 Å². The molecule has 0 radical (unpaired) electrons. The first-order valence-electron chi connectivity index (χ1n) is 6.81. The second-order valence-corrected chi connectivity index (χ2v) is 7.57. The fraction of sp³-hybridized carbons (Fsp3) is 1.00. The van der Waals surface area contributed by atoms with E-state index in [1.807, 2.05) is 0 Å². The number of hydrogen-bond donors (Lipinski definition) is 1. The van der Waals surface area contributed by atoms with Gasteiger partial charge in [-0.1, -0.05) is 34.1 Å². The molecule has 1 rings (SSSR count). The van der Waals surface area contributed by atoms with Crippen LogP contribution < -0.4 is 0 Å². The van der Waals surface area contributed by atoms with E-state index in [1.54, 1.807) is 6.92 Å². The van der Waals surface area contributed by atoms with Gasteiger partial charge in [0.1, 0.15) is 0 Å². The topological polar surface area (TPSA) is 63.6 Å². The number of rotatable bonds is 5. The summed E-state index contributed by atoms with van der Waals surface area (Å²) in [7, 11) is -4.09. The summed E-state index contributed by atoms with van der Waals surface area (Å²) in [6.45, 7) is 8.34. The Morgan fingerprint density at radius 3 is 2.50 bits per heavy atom. The lowest BCUT2D eigenvalue weighted by Gasteiger charge is -2.41. The third kappa shape index (κ3) is 3.93. The molecule has 4 nitrogen and oxygen atoms in total. The van der Waals surface area contributed by atoms with Crippen molar-refractivity contribution in [2.45, 2.75) is 71.3 Å². The zero-order valence-corrected chi connectivity index (χ0v) is 12.7. The third-order valence-corrected chi connectivity index (χ3v) is 5.48. The number of hydrogen-bond acceptors (Lipinski definition) is 3. The molecule has 5 heteroatoms. The van der Waals surface area contributed by atoms with E-state index in [0.29, 0.717) is 5.92 Å². The quantitative estimate of drug-likeness (QED) is 0.784. The highest BCUT2D eigenvalue weighted by Crippen LogP contribution is 2.43. The SMILES string of the molecule is CCC(OC1CCCC(C)(C(C)C)C1)S(=O)(=O)O. The first kappa shape index (κ1) is 15.9. The van der Waals surface area contributed by atoms with E-state index in [-0.39, 0.29) is 17.9 Å². The summed E-state index contributed by atoms with van der Waals surface area (Å²) in [6.07, 6.45) is 4.20. The van der Waals surface area contributed by atoms with Crippen LogP contribution in [0.3, 0.4) is 0 Å². The Morgan fingerprint density at radius 2 is 2.06 bits per heavy atom. The second kappa shape index (κ2) is 5.88. The molecule has 0 saturated heterocycles. The van der Waals surface area contributed by atoms with E-state index in [2.05, 4.69) is 20.8 Å². The minimum atomic E-state index is -4.09. The van der Waals surface area contributed by atoms with Crippen molar-refractivity contribution in [3.8, 4) is 0 Å². The molecule has 0 aromatic rings. The Balaban J connectivity index is 2.68. The summed E-state index contributed by atoms with van der Waals surface area (Å²) in [5.74, 6) is 0.551. The van der Waals surface area contributed by atoms with Crippen molar-refractivity contribution in [3.05, 3.63) is 0 Å². The van der Waals surface area contributed by atoms with Crippen LogP contribution in [0.4, 0.5) is 0 Å². The van der Waals surface area contributed by atoms with Crippen molar-refractivity contribution >= 4 is 10.1 Å². The predicted octanol–water partition coefficient (Wildman–Crippen LogP) is 3.23. The molecule has 1 saturated carbocycles. The summed E-state index contributed by atoms with van der Waals surface area (Å²) >= 11 is 0. The van der Waals surface area contributed by atoms with Crippen molar-refractivity contribution < 1.29 is 17.7 Å². The molecule has 0 spiro atoms. The van der Waals surface area contributed by atoms with E-state index in [1.165, 1.54) is 0 Å². The summed E-state index contributed by atoms with van der Waals surface area (Å²) in [4.78, 5) is 0. The normalized spacial score (nSPS) is 31.6. The fourth-order valence-electron chi connectivity index (χ4n) is 2.69. The molecule has 0 heterocycles.